The van der Waals surface area contributed by atoms with Crippen molar-refractivity contribution in [2.24, 2.45) is 0 Å². The van der Waals surface area contributed by atoms with Gasteiger partial charge in [-0.15, -0.1) is 11.3 Å². The van der Waals surface area contributed by atoms with E-state index in [1.165, 1.54) is 4.88 Å². The highest BCUT2D eigenvalue weighted by Gasteiger charge is 2.17. The molecule has 0 amide bonds. The summed E-state index contributed by atoms with van der Waals surface area (Å²) in [7, 11) is 3.66. The Labute approximate surface area is 114 Å². The Morgan fingerprint density at radius 2 is 2.18 bits per heavy atom. The number of thiophene rings is 1. The standard InChI is InChI=1S/C13H14BrNOS/c1-15-13(12-4-3-7-17-12)10-6-5-9(14)8-11(10)16-2/h3-8,13,15H,1-2H3. The molecule has 2 nitrogen and oxygen atoms in total. The van der Waals surface area contributed by atoms with Crippen LogP contribution in [-0.4, -0.2) is 14.2 Å². The molecule has 0 aliphatic carbocycles. The maximum absolute atomic E-state index is 5.44. The molecule has 0 radical (unpaired) electrons. The van der Waals surface area contributed by atoms with Crippen molar-refractivity contribution in [3.63, 3.8) is 0 Å². The molecule has 0 aliphatic heterocycles. The fourth-order valence-electron chi connectivity index (χ4n) is 1.83. The first-order valence-corrected chi connectivity index (χ1v) is 6.97. The van der Waals surface area contributed by atoms with E-state index in [4.69, 9.17) is 4.74 Å². The van der Waals surface area contributed by atoms with E-state index in [2.05, 4.69) is 44.8 Å². The molecule has 2 aromatic rings. The molecule has 0 spiro atoms. The number of methoxy groups -OCH3 is 1. The van der Waals surface area contributed by atoms with Gasteiger partial charge < -0.3 is 10.1 Å². The van der Waals surface area contributed by atoms with Gasteiger partial charge in [0.25, 0.3) is 0 Å². The molecular weight excluding hydrogens is 298 g/mol. The molecule has 2 rings (SSSR count). The zero-order valence-electron chi connectivity index (χ0n) is 9.74. The van der Waals surface area contributed by atoms with Gasteiger partial charge in [-0.2, -0.15) is 0 Å². The van der Waals surface area contributed by atoms with Crippen molar-refractivity contribution in [1.29, 1.82) is 0 Å². The Hall–Kier alpha value is -0.840. The molecule has 4 heteroatoms. The summed E-state index contributed by atoms with van der Waals surface area (Å²) in [5.74, 6) is 0.895. The van der Waals surface area contributed by atoms with E-state index in [0.717, 1.165) is 15.8 Å². The van der Waals surface area contributed by atoms with E-state index in [1.807, 2.05) is 19.2 Å². The Bertz CT molecular complexity index is 484. The summed E-state index contributed by atoms with van der Waals surface area (Å²) in [6.07, 6.45) is 0. The van der Waals surface area contributed by atoms with Crippen LogP contribution >= 0.6 is 27.3 Å². The van der Waals surface area contributed by atoms with Crippen LogP contribution in [0.4, 0.5) is 0 Å². The molecular formula is C13H14BrNOS. The van der Waals surface area contributed by atoms with Gasteiger partial charge in [-0.05, 0) is 30.6 Å². The summed E-state index contributed by atoms with van der Waals surface area (Å²) in [5.41, 5.74) is 1.15. The first-order chi connectivity index (χ1) is 8.26. The first-order valence-electron chi connectivity index (χ1n) is 5.30. The molecule has 90 valence electrons. The second-order valence-electron chi connectivity index (χ2n) is 3.62. The Morgan fingerprint density at radius 3 is 2.76 bits per heavy atom. The molecule has 1 N–H and O–H groups in total. The number of halogens is 1. The molecule has 1 aromatic carbocycles. The normalized spacial score (nSPS) is 12.4. The van der Waals surface area contributed by atoms with Crippen LogP contribution in [0.1, 0.15) is 16.5 Å². The van der Waals surface area contributed by atoms with Gasteiger partial charge in [-0.1, -0.05) is 28.1 Å². The van der Waals surface area contributed by atoms with Crippen molar-refractivity contribution in [2.75, 3.05) is 14.2 Å². The second kappa shape index (κ2) is 5.67. The summed E-state index contributed by atoms with van der Waals surface area (Å²) < 4.78 is 6.47. The molecule has 1 heterocycles. The molecule has 0 saturated carbocycles. The van der Waals surface area contributed by atoms with Crippen molar-refractivity contribution in [3.05, 3.63) is 50.6 Å². The maximum atomic E-state index is 5.44. The monoisotopic (exact) mass is 311 g/mol. The highest BCUT2D eigenvalue weighted by molar-refractivity contribution is 9.10. The van der Waals surface area contributed by atoms with E-state index in [1.54, 1.807) is 18.4 Å². The summed E-state index contributed by atoms with van der Waals surface area (Å²) in [6, 6.07) is 10.5. The third kappa shape index (κ3) is 2.70. The highest BCUT2D eigenvalue weighted by Crippen LogP contribution is 2.33. The fourth-order valence-corrected chi connectivity index (χ4v) is 3.02. The third-order valence-electron chi connectivity index (χ3n) is 2.62. The van der Waals surface area contributed by atoms with E-state index in [0.29, 0.717) is 0 Å². The van der Waals surface area contributed by atoms with Crippen LogP contribution in [0, 0.1) is 0 Å². The molecule has 17 heavy (non-hydrogen) atoms. The van der Waals surface area contributed by atoms with E-state index in [-0.39, 0.29) is 6.04 Å². The van der Waals surface area contributed by atoms with Crippen LogP contribution in [0.5, 0.6) is 5.75 Å². The minimum absolute atomic E-state index is 0.179. The second-order valence-corrected chi connectivity index (χ2v) is 5.52. The SMILES string of the molecule is CNC(c1cccs1)c1ccc(Br)cc1OC. The van der Waals surface area contributed by atoms with E-state index >= 15 is 0 Å². The average molecular weight is 312 g/mol. The Morgan fingerprint density at radius 1 is 1.35 bits per heavy atom. The van der Waals surface area contributed by atoms with Gasteiger partial charge >= 0.3 is 0 Å². The molecule has 1 aromatic heterocycles. The van der Waals surface area contributed by atoms with Gasteiger partial charge in [0.15, 0.2) is 0 Å². The van der Waals surface area contributed by atoms with Crippen LogP contribution in [0.2, 0.25) is 0 Å². The number of benzene rings is 1. The fraction of sp³-hybridized carbons (Fsp3) is 0.231. The topological polar surface area (TPSA) is 21.3 Å². The van der Waals surface area contributed by atoms with Gasteiger partial charge in [0.05, 0.1) is 13.2 Å². The third-order valence-corrected chi connectivity index (χ3v) is 4.05. The predicted molar refractivity (Wildman–Crippen MR) is 75.9 cm³/mol. The zero-order chi connectivity index (χ0) is 12.3. The summed E-state index contributed by atoms with van der Waals surface area (Å²) in [6.45, 7) is 0. The largest absolute Gasteiger partial charge is 0.496 e. The highest BCUT2D eigenvalue weighted by atomic mass is 79.9. The maximum Gasteiger partial charge on any atom is 0.125 e. The van der Waals surface area contributed by atoms with Crippen molar-refractivity contribution < 1.29 is 4.74 Å². The molecule has 0 bridgehead atoms. The van der Waals surface area contributed by atoms with Crippen molar-refractivity contribution in [3.8, 4) is 5.75 Å². The first kappa shape index (κ1) is 12.6. The quantitative estimate of drug-likeness (QED) is 0.926. The van der Waals surface area contributed by atoms with Crippen molar-refractivity contribution in [2.45, 2.75) is 6.04 Å². The van der Waals surface area contributed by atoms with Gasteiger partial charge in [-0.3, -0.25) is 0 Å². The minimum atomic E-state index is 0.179. The Balaban J connectivity index is 2.44. The summed E-state index contributed by atoms with van der Waals surface area (Å²) >= 11 is 5.20. The lowest BCUT2D eigenvalue weighted by molar-refractivity contribution is 0.405. The van der Waals surface area contributed by atoms with Crippen molar-refractivity contribution >= 4 is 27.3 Å². The van der Waals surface area contributed by atoms with Crippen LogP contribution in [0.15, 0.2) is 40.2 Å². The lowest BCUT2D eigenvalue weighted by Gasteiger charge is -2.18. The van der Waals surface area contributed by atoms with Crippen molar-refractivity contribution in [1.82, 2.24) is 5.32 Å². The van der Waals surface area contributed by atoms with Gasteiger partial charge in [0.2, 0.25) is 0 Å². The Kier molecular flexibility index (Phi) is 4.20. The predicted octanol–water partition coefficient (Wildman–Crippen LogP) is 3.83. The van der Waals surface area contributed by atoms with Crippen LogP contribution in [-0.2, 0) is 0 Å². The van der Waals surface area contributed by atoms with Crippen LogP contribution < -0.4 is 10.1 Å². The lowest BCUT2D eigenvalue weighted by Crippen LogP contribution is -2.17. The minimum Gasteiger partial charge on any atom is -0.496 e. The molecule has 1 unspecified atom stereocenters. The number of ether oxygens (including phenoxy) is 1. The van der Waals surface area contributed by atoms with Gasteiger partial charge in [-0.25, -0.2) is 0 Å². The summed E-state index contributed by atoms with van der Waals surface area (Å²) in [4.78, 5) is 1.29. The van der Waals surface area contributed by atoms with Gasteiger partial charge in [0, 0.05) is 14.9 Å². The van der Waals surface area contributed by atoms with E-state index < -0.39 is 0 Å². The zero-order valence-corrected chi connectivity index (χ0v) is 12.1. The summed E-state index contributed by atoms with van der Waals surface area (Å²) in [5, 5.41) is 5.42. The van der Waals surface area contributed by atoms with Crippen LogP contribution in [0.3, 0.4) is 0 Å². The molecule has 0 saturated heterocycles. The molecule has 0 aliphatic rings. The van der Waals surface area contributed by atoms with E-state index in [9.17, 15) is 0 Å². The number of nitrogens with one attached hydrogen (secondary N) is 1. The average Bonchev–Trinajstić information content (AvgIpc) is 2.85. The molecule has 0 fully saturated rings. The molecule has 1 atom stereocenters. The van der Waals surface area contributed by atoms with Crippen LogP contribution in [0.25, 0.3) is 0 Å². The number of rotatable bonds is 4. The smallest absolute Gasteiger partial charge is 0.125 e. The van der Waals surface area contributed by atoms with Gasteiger partial charge in [0.1, 0.15) is 5.75 Å². The number of hydrogen-bond acceptors (Lipinski definition) is 3. The lowest BCUT2D eigenvalue weighted by atomic mass is 10.0. The number of hydrogen-bond donors (Lipinski definition) is 1.